The minimum absolute atomic E-state index is 0. The normalized spacial score (nSPS) is 13.3. The Morgan fingerprint density at radius 3 is 0.912 bits per heavy atom. The molecule has 2 aliphatic rings. The first-order chi connectivity index (χ1) is 47.2. The molecule has 6 aromatic carbocycles. The van der Waals surface area contributed by atoms with Gasteiger partial charge in [0, 0.05) is 50.9 Å². The Kier molecular flexibility index (Phi) is 33.3. The second-order valence-electron chi connectivity index (χ2n) is 22.4. The number of carbonyl (C=O) groups is 10. The molecule has 0 aromatic heterocycles. The van der Waals surface area contributed by atoms with Gasteiger partial charge in [0.25, 0.3) is 32.1 Å². The molecule has 32 nitrogen and oxygen atoms in total. The molecule has 0 saturated heterocycles. The van der Waals surface area contributed by atoms with Crippen molar-refractivity contribution < 1.29 is 212 Å². The number of ether oxygens (including phenoxy) is 2. The standard InChI is InChI=1S/2C32H34N4O12S2.2K/c2*37-28(16-20-8-2-1-3-9-20)31(40)34-15-14-33-29(38)26(18-49(42,43)44)35-30(39)27(19-50(45,46)47)36-32(41)48-17-25-23-12-6-4-10-21(23)22-11-5-7-13-24(22)25;;/h2*1-13,25-27H,14-19H2,(H,33,38)(H,34,40)(H,35,39)(H,36,41)(H,42,43,44)(H,45,46,47);;/q;;2*+1/p-2/t2*26-,27-;;/m00../s1. The summed E-state index contributed by atoms with van der Waals surface area (Å²) in [7, 11) is -20.2. The molecule has 2 aliphatic carbocycles. The topological polar surface area (TPSA) is 509 Å². The maximum atomic E-state index is 13.1. The summed E-state index contributed by atoms with van der Waals surface area (Å²) in [5.74, 6) is -15.3. The van der Waals surface area contributed by atoms with Crippen LogP contribution in [0.25, 0.3) is 22.3 Å². The van der Waals surface area contributed by atoms with Gasteiger partial charge in [-0.3, -0.25) is 47.5 Å². The smallest absolute Gasteiger partial charge is 0.748 e. The van der Waals surface area contributed by atoms with Crippen LogP contribution in [0.1, 0.15) is 45.2 Å². The van der Waals surface area contributed by atoms with Crippen molar-refractivity contribution in [1.82, 2.24) is 42.5 Å². The summed E-state index contributed by atoms with van der Waals surface area (Å²) in [5, 5.41) is 16.7. The molecule has 8 amide bonds. The fourth-order valence-corrected chi connectivity index (χ4v) is 13.2. The van der Waals surface area contributed by atoms with E-state index < -0.39 is 159 Å². The fourth-order valence-electron chi connectivity index (χ4n) is 10.6. The molecule has 10 N–H and O–H groups in total. The van der Waals surface area contributed by atoms with Crippen LogP contribution in [0.3, 0.4) is 0 Å². The van der Waals surface area contributed by atoms with Crippen LogP contribution in [-0.2, 0) is 101 Å². The molecule has 102 heavy (non-hydrogen) atoms. The first-order valence-corrected chi connectivity index (χ1v) is 36.5. The van der Waals surface area contributed by atoms with E-state index >= 15 is 0 Å². The molecular formula is C64H66K2N8O24S4. The second kappa shape index (κ2) is 39.7. The van der Waals surface area contributed by atoms with Gasteiger partial charge in [-0.25, -0.2) is 26.4 Å². The number of rotatable bonds is 32. The molecule has 0 saturated carbocycles. The van der Waals surface area contributed by atoms with Crippen molar-refractivity contribution in [1.29, 1.82) is 0 Å². The summed E-state index contributed by atoms with van der Waals surface area (Å²) < 4.78 is 145. The third-order valence-corrected chi connectivity index (χ3v) is 18.0. The summed E-state index contributed by atoms with van der Waals surface area (Å²) in [5.41, 5.74) is 8.35. The third kappa shape index (κ3) is 27.5. The number of amides is 8. The fraction of sp³-hybridized carbons (Fsp3) is 0.281. The molecular weight excluding hydrogens is 1470 g/mol. The number of hydrogen-bond acceptors (Lipinski definition) is 22. The van der Waals surface area contributed by atoms with Crippen molar-refractivity contribution in [3.8, 4) is 22.3 Å². The van der Waals surface area contributed by atoms with Crippen molar-refractivity contribution in [3.05, 3.63) is 191 Å². The molecule has 532 valence electrons. The Morgan fingerprint density at radius 1 is 0.363 bits per heavy atom. The Balaban J connectivity index is 0.000000360. The second-order valence-corrected chi connectivity index (χ2v) is 28.3. The van der Waals surface area contributed by atoms with Gasteiger partial charge in [-0.15, -0.1) is 0 Å². The van der Waals surface area contributed by atoms with Crippen LogP contribution in [-0.4, -0.2) is 198 Å². The molecule has 0 unspecified atom stereocenters. The predicted octanol–water partition coefficient (Wildman–Crippen LogP) is -6.28. The minimum atomic E-state index is -5.17. The zero-order valence-electron chi connectivity index (χ0n) is 54.5. The number of fused-ring (bicyclic) bond motifs is 6. The van der Waals surface area contributed by atoms with Crippen LogP contribution in [0.5, 0.6) is 0 Å². The number of nitrogens with one attached hydrogen (secondary N) is 8. The van der Waals surface area contributed by atoms with E-state index in [2.05, 4.69) is 21.3 Å². The molecule has 6 aromatic rings. The number of benzene rings is 6. The molecule has 0 radical (unpaired) electrons. The van der Waals surface area contributed by atoms with Gasteiger partial charge in [0.2, 0.25) is 35.2 Å². The van der Waals surface area contributed by atoms with E-state index in [1.807, 2.05) is 118 Å². The molecule has 0 spiro atoms. The van der Waals surface area contributed by atoms with Gasteiger partial charge >= 0.3 is 115 Å². The van der Waals surface area contributed by atoms with E-state index in [4.69, 9.17) is 9.47 Å². The van der Waals surface area contributed by atoms with Crippen LogP contribution < -0.4 is 145 Å². The van der Waals surface area contributed by atoms with Crippen LogP contribution >= 0.6 is 0 Å². The van der Waals surface area contributed by atoms with Gasteiger partial charge in [-0.1, -0.05) is 158 Å². The van der Waals surface area contributed by atoms with Crippen LogP contribution in [0, 0.1) is 0 Å². The molecule has 38 heteroatoms. The maximum absolute atomic E-state index is 13.1. The molecule has 4 atom stereocenters. The van der Waals surface area contributed by atoms with E-state index in [9.17, 15) is 99.8 Å². The number of carbonyl (C=O) groups excluding carboxylic acids is 10. The van der Waals surface area contributed by atoms with E-state index in [0.29, 0.717) is 11.1 Å². The maximum Gasteiger partial charge on any atom is 1.00 e. The number of ketones is 2. The first-order valence-electron chi connectivity index (χ1n) is 30.1. The average molecular weight is 1540 g/mol. The zero-order valence-corrected chi connectivity index (χ0v) is 64.0. The molecule has 8 rings (SSSR count). The summed E-state index contributed by atoms with van der Waals surface area (Å²) in [4.78, 5) is 126. The van der Waals surface area contributed by atoms with Gasteiger partial charge in [0.1, 0.15) is 48.9 Å². The Labute approximate surface area is 671 Å². The van der Waals surface area contributed by atoms with E-state index in [-0.39, 0.29) is 155 Å². The van der Waals surface area contributed by atoms with Crippen molar-refractivity contribution in [2.45, 2.75) is 48.8 Å². The van der Waals surface area contributed by atoms with Gasteiger partial charge < -0.3 is 61.1 Å². The van der Waals surface area contributed by atoms with E-state index in [1.54, 1.807) is 60.7 Å². The van der Waals surface area contributed by atoms with Gasteiger partial charge in [-0.2, -0.15) is 16.8 Å². The first kappa shape index (κ1) is 85.6. The summed E-state index contributed by atoms with van der Waals surface area (Å²) >= 11 is 0. The number of hydrogen-bond donors (Lipinski definition) is 10. The molecule has 0 aliphatic heterocycles. The summed E-state index contributed by atoms with van der Waals surface area (Å²) in [6.07, 6.45) is -2.90. The van der Waals surface area contributed by atoms with Crippen molar-refractivity contribution in [2.24, 2.45) is 0 Å². The van der Waals surface area contributed by atoms with Gasteiger partial charge in [0.05, 0.1) is 31.7 Å². The number of Topliss-reactive ketones (excluding diaryl/α,β-unsaturated/α-hetero) is 2. The average Bonchev–Trinajstić information content (AvgIpc) is 1.62. The van der Waals surface area contributed by atoms with Gasteiger partial charge in [-0.05, 0) is 55.6 Å². The third-order valence-electron chi connectivity index (χ3n) is 15.0. The quantitative estimate of drug-likeness (QED) is 0.00813. The van der Waals surface area contributed by atoms with E-state index in [0.717, 1.165) is 44.5 Å². The largest absolute Gasteiger partial charge is 1.00 e. The predicted molar refractivity (Wildman–Crippen MR) is 352 cm³/mol. The Bertz CT molecular complexity index is 4150. The van der Waals surface area contributed by atoms with Crippen LogP contribution in [0.15, 0.2) is 158 Å². The molecule has 0 fully saturated rings. The monoisotopic (exact) mass is 1540 g/mol. The van der Waals surface area contributed by atoms with Crippen molar-refractivity contribution in [2.75, 3.05) is 62.4 Å². The van der Waals surface area contributed by atoms with Gasteiger partial charge in [0.15, 0.2) is 0 Å². The Hall–Kier alpha value is -7.07. The molecule has 0 heterocycles. The minimum Gasteiger partial charge on any atom is -0.748 e. The number of alkyl carbamates (subject to hydrolysis) is 2. The molecule has 0 bridgehead atoms. The van der Waals surface area contributed by atoms with E-state index in [1.165, 1.54) is 0 Å². The van der Waals surface area contributed by atoms with Crippen LogP contribution in [0.4, 0.5) is 9.59 Å². The van der Waals surface area contributed by atoms with Crippen molar-refractivity contribution >= 4 is 99.7 Å². The SMILES string of the molecule is O=C(N[C@@H](CS(=O)(=O)O)C(=O)N[C@@H](CS(=O)(=O)[O-])C(=O)NCCNC(=O)C(=O)Cc1ccccc1)OCC1c2ccccc2-c2ccccc21.O=C(N[C@@H](CS(=O)(=O)O)C(=O)N[C@@H](CS(=O)(=O)[O-])C(=O)NCCNC(=O)C(=O)Cc1ccccc1)OCC1c2ccccc2-c2ccccc21.[K+].[K+]. The van der Waals surface area contributed by atoms with Crippen molar-refractivity contribution in [3.63, 3.8) is 0 Å². The Morgan fingerprint density at radius 2 is 0.627 bits per heavy atom. The van der Waals surface area contributed by atoms with Crippen LogP contribution in [0.2, 0.25) is 0 Å². The summed E-state index contributed by atoms with van der Waals surface area (Å²) in [6, 6.07) is 38.1. The zero-order chi connectivity index (χ0) is 73.0. The summed E-state index contributed by atoms with van der Waals surface area (Å²) in [6.45, 7) is -1.81.